The number of piperidine rings is 1. The van der Waals surface area contributed by atoms with Crippen LogP contribution in [0.4, 0.5) is 23.0 Å². The largest absolute Gasteiger partial charge is 0.478 e. The molecule has 0 spiro atoms. The molecule has 0 saturated carbocycles. The Kier molecular flexibility index (Phi) is 13.7. The van der Waals surface area contributed by atoms with Crippen molar-refractivity contribution in [3.05, 3.63) is 163 Å². The number of rotatable bonds is 9. The second kappa shape index (κ2) is 19.7. The molecule has 9 rings (SSSR count). The smallest absolute Gasteiger partial charge is 0.336 e. The van der Waals surface area contributed by atoms with E-state index >= 15 is 0 Å². The van der Waals surface area contributed by atoms with Crippen LogP contribution in [0, 0.1) is 5.92 Å². The van der Waals surface area contributed by atoms with Crippen LogP contribution in [0.3, 0.4) is 0 Å². The fraction of sp³-hybridized carbons (Fsp3) is 0.250. The summed E-state index contributed by atoms with van der Waals surface area (Å²) in [5, 5.41) is 18.8. The summed E-state index contributed by atoms with van der Waals surface area (Å²) in [5.41, 5.74) is 7.35. The molecule has 3 N–H and O–H groups in total. The van der Waals surface area contributed by atoms with Gasteiger partial charge in [0.1, 0.15) is 11.6 Å². The van der Waals surface area contributed by atoms with Crippen LogP contribution in [0.5, 0.6) is 0 Å². The molecule has 0 aliphatic carbocycles. The van der Waals surface area contributed by atoms with E-state index in [0.29, 0.717) is 50.2 Å². The highest BCUT2D eigenvalue weighted by molar-refractivity contribution is 6.34. The number of carboxylic acids is 1. The number of aromatic carboxylic acids is 1. The van der Waals surface area contributed by atoms with Crippen molar-refractivity contribution < 1.29 is 14.7 Å². The Balaban J connectivity index is 0.000000174. The van der Waals surface area contributed by atoms with Crippen LogP contribution in [0.15, 0.2) is 116 Å². The molecule has 3 aliphatic heterocycles. The van der Waals surface area contributed by atoms with Crippen molar-refractivity contribution >= 4 is 81.3 Å². The maximum absolute atomic E-state index is 13.3. The van der Waals surface area contributed by atoms with Gasteiger partial charge in [-0.3, -0.25) is 4.79 Å². The van der Waals surface area contributed by atoms with Crippen molar-refractivity contribution in [1.29, 1.82) is 0 Å². The van der Waals surface area contributed by atoms with Crippen molar-refractivity contribution in [2.75, 3.05) is 59.7 Å². The van der Waals surface area contributed by atoms with Gasteiger partial charge < -0.3 is 30.4 Å². The molecule has 62 heavy (non-hydrogen) atoms. The van der Waals surface area contributed by atoms with E-state index in [4.69, 9.17) is 46.4 Å². The number of amides is 1. The van der Waals surface area contributed by atoms with Gasteiger partial charge in [0, 0.05) is 90.4 Å². The molecule has 10 nitrogen and oxygen atoms in total. The summed E-state index contributed by atoms with van der Waals surface area (Å²) in [5.74, 6) is 1.27. The van der Waals surface area contributed by atoms with Gasteiger partial charge in [0.25, 0.3) is 5.91 Å². The fourth-order valence-electron chi connectivity index (χ4n) is 8.24. The topological polar surface area (TPSA) is 114 Å². The third-order valence-electron chi connectivity index (χ3n) is 11.5. The predicted octanol–water partition coefficient (Wildman–Crippen LogP) is 11.1. The lowest BCUT2D eigenvalue weighted by Gasteiger charge is -2.34. The van der Waals surface area contributed by atoms with E-state index in [-0.39, 0.29) is 11.5 Å². The lowest BCUT2D eigenvalue weighted by molar-refractivity contribution is 0.0684. The number of carbonyl (C=O) groups is 2. The molecule has 0 unspecified atom stereocenters. The van der Waals surface area contributed by atoms with Crippen LogP contribution in [0.1, 0.15) is 50.2 Å². The molecule has 4 aromatic carbocycles. The number of pyridine rings is 2. The highest BCUT2D eigenvalue weighted by atomic mass is 35.5. The molecule has 0 atom stereocenters. The first-order valence-corrected chi connectivity index (χ1v) is 22.1. The monoisotopic (exact) mass is 907 g/mol. The van der Waals surface area contributed by atoms with E-state index in [9.17, 15) is 14.7 Å². The van der Waals surface area contributed by atoms with Gasteiger partial charge in [-0.25, -0.2) is 14.8 Å². The number of nitrogens with zero attached hydrogens (tertiary/aromatic N) is 5. The molecule has 3 aliphatic rings. The lowest BCUT2D eigenvalue weighted by Crippen LogP contribution is -2.39. The zero-order chi connectivity index (χ0) is 43.2. The first-order chi connectivity index (χ1) is 30.1. The van der Waals surface area contributed by atoms with Gasteiger partial charge >= 0.3 is 5.97 Å². The minimum absolute atomic E-state index is 0.0553. The minimum atomic E-state index is -0.964. The number of hydrogen-bond acceptors (Lipinski definition) is 8. The number of halogens is 4. The number of aromatic nitrogens is 2. The predicted molar refractivity (Wildman–Crippen MR) is 252 cm³/mol. The summed E-state index contributed by atoms with van der Waals surface area (Å²) in [6.45, 7) is 5.85. The summed E-state index contributed by atoms with van der Waals surface area (Å²) in [4.78, 5) is 40.4. The van der Waals surface area contributed by atoms with Crippen LogP contribution >= 0.6 is 46.4 Å². The molecule has 2 aromatic heterocycles. The molecule has 14 heteroatoms. The molecule has 1 fully saturated rings. The van der Waals surface area contributed by atoms with Gasteiger partial charge in [-0.2, -0.15) is 0 Å². The fourth-order valence-corrected chi connectivity index (χ4v) is 8.99. The van der Waals surface area contributed by atoms with Crippen molar-refractivity contribution in [3.63, 3.8) is 0 Å². The quantitative estimate of drug-likeness (QED) is 0.130. The van der Waals surface area contributed by atoms with Crippen LogP contribution in [0.2, 0.25) is 20.1 Å². The standard InChI is InChI=1S/C27H28Cl2N4O.C21H17Cl2N3O2/c28-23-6-7-24(29)22(15-23)18-33-13-10-30-26-25(33)16-21(17-31-26)27(34)32-11-8-20(9-12-32)14-19-4-2-1-3-5-19;22-15-5-6-18(23)14(9-15)12-26-8-7-24-20-19(26)10-13(11-25-20)16-3-1-2-4-17(16)21(27)28/h1-7,15-17,20H,8-14,18H2,(H,30,31);1-6,9-11H,7-8,12H2,(H,24,25)(H,27,28). The van der Waals surface area contributed by atoms with Crippen molar-refractivity contribution in [2.24, 2.45) is 5.92 Å². The molecular weight excluding hydrogens is 864 g/mol. The Hall–Kier alpha value is -5.52. The van der Waals surface area contributed by atoms with E-state index < -0.39 is 5.97 Å². The number of anilines is 4. The van der Waals surface area contributed by atoms with Crippen LogP contribution in [-0.2, 0) is 19.5 Å². The zero-order valence-electron chi connectivity index (χ0n) is 33.8. The minimum Gasteiger partial charge on any atom is -0.478 e. The summed E-state index contributed by atoms with van der Waals surface area (Å²) in [6.07, 6.45) is 6.53. The van der Waals surface area contributed by atoms with E-state index in [0.717, 1.165) is 98.2 Å². The highest BCUT2D eigenvalue weighted by Crippen LogP contribution is 2.36. The summed E-state index contributed by atoms with van der Waals surface area (Å²) in [6, 6.07) is 32.4. The Morgan fingerprint density at radius 2 is 1.23 bits per heavy atom. The third-order valence-corrected chi connectivity index (χ3v) is 12.7. The number of nitrogens with one attached hydrogen (secondary N) is 2. The summed E-state index contributed by atoms with van der Waals surface area (Å²) >= 11 is 25.1. The Morgan fingerprint density at radius 3 is 1.84 bits per heavy atom. The SMILES string of the molecule is O=C(O)c1ccccc1-c1cnc2c(c1)N(Cc1cc(Cl)ccc1Cl)CCN2.O=C(c1cnc2c(c1)N(Cc1cc(Cl)ccc1Cl)CCN2)N1CCC(Cc2ccccc2)CC1. The number of fused-ring (bicyclic) bond motifs is 2. The van der Waals surface area contributed by atoms with E-state index in [1.165, 1.54) is 5.56 Å². The highest BCUT2D eigenvalue weighted by Gasteiger charge is 2.27. The molecule has 5 heterocycles. The van der Waals surface area contributed by atoms with Crippen LogP contribution in [-0.4, -0.2) is 71.1 Å². The van der Waals surface area contributed by atoms with Gasteiger partial charge in [-0.1, -0.05) is 94.9 Å². The number of hydrogen-bond donors (Lipinski definition) is 3. The maximum atomic E-state index is 13.3. The second-order valence-corrected chi connectivity index (χ2v) is 17.3. The van der Waals surface area contributed by atoms with Crippen molar-refractivity contribution in [2.45, 2.75) is 32.4 Å². The summed E-state index contributed by atoms with van der Waals surface area (Å²) < 4.78 is 0. The maximum Gasteiger partial charge on any atom is 0.336 e. The normalized spacial score (nSPS) is 14.7. The zero-order valence-corrected chi connectivity index (χ0v) is 36.9. The average Bonchev–Trinajstić information content (AvgIpc) is 3.29. The summed E-state index contributed by atoms with van der Waals surface area (Å²) in [7, 11) is 0. The molecule has 0 radical (unpaired) electrons. The average molecular weight is 910 g/mol. The van der Waals surface area contributed by atoms with Gasteiger partial charge in [0.2, 0.25) is 0 Å². The third kappa shape index (κ3) is 10.2. The molecule has 6 aromatic rings. The first kappa shape index (κ1) is 43.1. The molecule has 0 bridgehead atoms. The molecular formula is C48H45Cl4N7O3. The number of benzene rings is 4. The van der Waals surface area contributed by atoms with Crippen molar-refractivity contribution in [1.82, 2.24) is 14.9 Å². The number of carboxylic acid groups (broad SMARTS) is 1. The lowest BCUT2D eigenvalue weighted by atomic mass is 9.90. The Morgan fingerprint density at radius 1 is 0.661 bits per heavy atom. The molecule has 318 valence electrons. The number of likely N-dealkylation sites (tertiary alicyclic amines) is 1. The Bertz CT molecular complexity index is 2570. The van der Waals surface area contributed by atoms with Gasteiger partial charge in [-0.05, 0) is 102 Å². The first-order valence-electron chi connectivity index (χ1n) is 20.6. The van der Waals surface area contributed by atoms with Crippen molar-refractivity contribution in [3.8, 4) is 11.1 Å². The van der Waals surface area contributed by atoms with Gasteiger partial charge in [-0.15, -0.1) is 0 Å². The molecule has 1 amide bonds. The van der Waals surface area contributed by atoms with E-state index in [2.05, 4.69) is 60.7 Å². The number of carbonyl (C=O) groups excluding carboxylic acids is 1. The Labute approximate surface area is 381 Å². The van der Waals surface area contributed by atoms with Gasteiger partial charge in [0.05, 0.1) is 22.5 Å². The van der Waals surface area contributed by atoms with Crippen LogP contribution < -0.4 is 20.4 Å². The second-order valence-electron chi connectivity index (χ2n) is 15.6. The van der Waals surface area contributed by atoms with E-state index in [1.807, 2.05) is 41.3 Å². The van der Waals surface area contributed by atoms with Gasteiger partial charge in [0.15, 0.2) is 0 Å². The van der Waals surface area contributed by atoms with E-state index in [1.54, 1.807) is 48.8 Å². The van der Waals surface area contributed by atoms with Crippen LogP contribution in [0.25, 0.3) is 11.1 Å². The molecule has 1 saturated heterocycles.